The fourth-order valence-electron chi connectivity index (χ4n) is 3.78. The Morgan fingerprint density at radius 1 is 1.15 bits per heavy atom. The maximum absolute atomic E-state index is 10.8. The van der Waals surface area contributed by atoms with Crippen molar-refractivity contribution < 1.29 is 19.1 Å². The van der Waals surface area contributed by atoms with Gasteiger partial charge in [-0.1, -0.05) is 35.3 Å². The van der Waals surface area contributed by atoms with Crippen molar-refractivity contribution in [3.8, 4) is 0 Å². The van der Waals surface area contributed by atoms with E-state index in [0.29, 0.717) is 44.5 Å². The van der Waals surface area contributed by atoms with E-state index >= 15 is 0 Å². The van der Waals surface area contributed by atoms with Crippen molar-refractivity contribution in [1.29, 1.82) is 0 Å². The second-order valence-electron chi connectivity index (χ2n) is 7.91. The zero-order valence-electron chi connectivity index (χ0n) is 19.0. The van der Waals surface area contributed by atoms with E-state index in [0.717, 1.165) is 28.6 Å². The minimum atomic E-state index is -0.640. The van der Waals surface area contributed by atoms with Crippen LogP contribution in [0.4, 0.5) is 0 Å². The lowest BCUT2D eigenvalue weighted by Gasteiger charge is -2.33. The number of nitrogens with one attached hydrogen (secondary N) is 2. The van der Waals surface area contributed by atoms with Gasteiger partial charge in [0.1, 0.15) is 0 Å². The molecule has 2 aromatic carbocycles. The van der Waals surface area contributed by atoms with Gasteiger partial charge in [0.2, 0.25) is 6.29 Å². The first kappa shape index (κ1) is 26.9. The quantitative estimate of drug-likeness (QED) is 0.179. The number of benzene rings is 2. The monoisotopic (exact) mass is 525 g/mol. The molecule has 2 N–H and O–H groups in total. The van der Waals surface area contributed by atoms with Crippen molar-refractivity contribution >= 4 is 47.3 Å². The molecule has 1 aliphatic rings. The van der Waals surface area contributed by atoms with Gasteiger partial charge in [0, 0.05) is 47.0 Å². The second kappa shape index (κ2) is 14.0. The summed E-state index contributed by atoms with van der Waals surface area (Å²) in [6.45, 7) is 4.50. The normalized spacial score (nSPS) is 15.7. The molecular formula is C24H29Cl2N3O4S. The van der Waals surface area contributed by atoms with Crippen LogP contribution in [0.2, 0.25) is 10.0 Å². The third kappa shape index (κ3) is 8.23. The van der Waals surface area contributed by atoms with Crippen LogP contribution in [0.3, 0.4) is 0 Å². The van der Waals surface area contributed by atoms with Crippen LogP contribution in [0.1, 0.15) is 22.6 Å². The highest BCUT2D eigenvalue weighted by atomic mass is 35.5. The summed E-state index contributed by atoms with van der Waals surface area (Å²) < 4.78 is 14.2. The van der Waals surface area contributed by atoms with Crippen LogP contribution in [0.5, 0.6) is 0 Å². The molecule has 0 bridgehead atoms. The molecule has 1 heterocycles. The first-order chi connectivity index (χ1) is 16.5. The maximum atomic E-state index is 10.8. The molecule has 1 aliphatic heterocycles. The molecule has 3 rings (SSSR count). The molecule has 0 saturated heterocycles. The van der Waals surface area contributed by atoms with Gasteiger partial charge in [-0.2, -0.15) is 0 Å². The van der Waals surface area contributed by atoms with Crippen LogP contribution >= 0.6 is 35.1 Å². The summed E-state index contributed by atoms with van der Waals surface area (Å²) in [5, 5.41) is 3.79. The van der Waals surface area contributed by atoms with Crippen LogP contribution in [0.15, 0.2) is 41.3 Å². The number of hydrogen-bond donors (Lipinski definition) is 2. The van der Waals surface area contributed by atoms with E-state index in [4.69, 9.17) is 32.7 Å². The van der Waals surface area contributed by atoms with Crippen molar-refractivity contribution in [2.75, 3.05) is 53.1 Å². The molecule has 0 radical (unpaired) electrons. The van der Waals surface area contributed by atoms with Crippen LogP contribution in [0.25, 0.3) is 0 Å². The third-order valence-electron chi connectivity index (χ3n) is 5.32. The highest BCUT2D eigenvalue weighted by Crippen LogP contribution is 2.39. The topological polar surface area (TPSA) is 79.9 Å². The van der Waals surface area contributed by atoms with E-state index in [2.05, 4.69) is 46.3 Å². The minimum absolute atomic E-state index is 0.209. The highest BCUT2D eigenvalue weighted by molar-refractivity contribution is 7.97. The molecule has 0 aromatic heterocycles. The van der Waals surface area contributed by atoms with E-state index in [9.17, 15) is 9.59 Å². The van der Waals surface area contributed by atoms with Gasteiger partial charge in [0.25, 0.3) is 5.91 Å². The Balaban J connectivity index is 1.41. The summed E-state index contributed by atoms with van der Waals surface area (Å²) in [6, 6.07) is 12.4. The van der Waals surface area contributed by atoms with Crippen molar-refractivity contribution in [2.24, 2.45) is 0 Å². The largest absolute Gasteiger partial charge is 0.378 e. The average molecular weight is 526 g/mol. The zero-order valence-corrected chi connectivity index (χ0v) is 21.3. The lowest BCUT2D eigenvalue weighted by molar-refractivity contribution is -0.131. The molecule has 10 heteroatoms. The van der Waals surface area contributed by atoms with E-state index in [1.54, 1.807) is 11.9 Å². The second-order valence-corrected chi connectivity index (χ2v) is 9.72. The molecule has 7 nitrogen and oxygen atoms in total. The number of nitrogens with zero attached hydrogens (tertiary/aromatic N) is 1. The average Bonchev–Trinajstić information content (AvgIpc) is 2.82. The van der Waals surface area contributed by atoms with Crippen LogP contribution < -0.4 is 10.0 Å². The van der Waals surface area contributed by atoms with E-state index in [-0.39, 0.29) is 12.2 Å². The third-order valence-corrected chi connectivity index (χ3v) is 6.71. The number of ether oxygens (including phenoxy) is 2. The van der Waals surface area contributed by atoms with Gasteiger partial charge in [-0.25, -0.2) is 0 Å². The Hall–Kier alpha value is -1.65. The molecule has 0 fully saturated rings. The highest BCUT2D eigenvalue weighted by Gasteiger charge is 2.27. The summed E-state index contributed by atoms with van der Waals surface area (Å²) in [5.41, 5.74) is 3.58. The Kier molecular flexibility index (Phi) is 11.1. The summed E-state index contributed by atoms with van der Waals surface area (Å²) in [4.78, 5) is 24.3. The van der Waals surface area contributed by atoms with E-state index in [1.807, 2.05) is 12.1 Å². The van der Waals surface area contributed by atoms with Crippen molar-refractivity contribution in [3.63, 3.8) is 0 Å². The summed E-state index contributed by atoms with van der Waals surface area (Å²) in [5.74, 6) is -0.431. The molecule has 1 amide bonds. The number of amides is 1. The first-order valence-corrected chi connectivity index (χ1v) is 12.6. The molecule has 184 valence electrons. The molecule has 1 atom stereocenters. The molecule has 0 saturated carbocycles. The SMILES string of the molecule is CN1Cc2c(Cl)cc(Cl)cc2C(c2cccc(SNCCOCCOCCNC(=O)C=O)c2)C1. The van der Waals surface area contributed by atoms with E-state index < -0.39 is 5.91 Å². The Bertz CT molecular complexity index is 979. The van der Waals surface area contributed by atoms with Gasteiger partial charge in [-0.15, -0.1) is 0 Å². The number of carbonyl (C=O) groups excluding carboxylic acids is 2. The smallest absolute Gasteiger partial charge is 0.284 e. The lowest BCUT2D eigenvalue weighted by Crippen LogP contribution is -2.31. The molecule has 0 spiro atoms. The molecule has 34 heavy (non-hydrogen) atoms. The summed E-state index contributed by atoms with van der Waals surface area (Å²) in [7, 11) is 2.11. The van der Waals surface area contributed by atoms with Crippen LogP contribution in [0, 0.1) is 0 Å². The molecular weight excluding hydrogens is 497 g/mol. The fraction of sp³-hybridized carbons (Fsp3) is 0.417. The van der Waals surface area contributed by atoms with Crippen molar-refractivity contribution in [1.82, 2.24) is 14.9 Å². The summed E-state index contributed by atoms with van der Waals surface area (Å²) in [6.07, 6.45) is 0.240. The maximum Gasteiger partial charge on any atom is 0.284 e. The number of rotatable bonds is 13. The van der Waals surface area contributed by atoms with Gasteiger partial charge in [0.15, 0.2) is 0 Å². The van der Waals surface area contributed by atoms with Crippen molar-refractivity contribution in [3.05, 3.63) is 63.1 Å². The number of aldehydes is 1. The van der Waals surface area contributed by atoms with Crippen molar-refractivity contribution in [2.45, 2.75) is 17.4 Å². The number of likely N-dealkylation sites (N-methyl/N-ethyl adjacent to an activating group) is 1. The molecule has 0 aliphatic carbocycles. The Labute approximate surface area is 214 Å². The van der Waals surface area contributed by atoms with Gasteiger partial charge in [-0.05, 0) is 60.0 Å². The number of fused-ring (bicyclic) bond motifs is 1. The predicted octanol–water partition coefficient (Wildman–Crippen LogP) is 3.52. The predicted molar refractivity (Wildman–Crippen MR) is 136 cm³/mol. The fourth-order valence-corrected chi connectivity index (χ4v) is 5.05. The van der Waals surface area contributed by atoms with Gasteiger partial charge in [0.05, 0.1) is 26.4 Å². The number of carbonyl (C=O) groups is 2. The standard InChI is InChI=1S/C24H29Cl2N3O4S/c1-29-14-21(20-12-18(25)13-23(26)22(20)15-29)17-3-2-4-19(11-17)34-28-6-8-33-10-9-32-7-5-27-24(31)16-30/h2-4,11-13,16,21,28H,5-10,14-15H2,1H3,(H,27,31). The summed E-state index contributed by atoms with van der Waals surface area (Å²) >= 11 is 14.4. The zero-order chi connectivity index (χ0) is 24.3. The van der Waals surface area contributed by atoms with Crippen LogP contribution in [-0.4, -0.2) is 70.2 Å². The lowest BCUT2D eigenvalue weighted by atomic mass is 9.85. The van der Waals surface area contributed by atoms with Gasteiger partial charge >= 0.3 is 0 Å². The Morgan fingerprint density at radius 2 is 1.91 bits per heavy atom. The van der Waals surface area contributed by atoms with E-state index in [1.165, 1.54) is 11.1 Å². The number of hydrogen-bond acceptors (Lipinski definition) is 7. The minimum Gasteiger partial charge on any atom is -0.378 e. The number of halogens is 2. The van der Waals surface area contributed by atoms with Gasteiger partial charge < -0.3 is 19.7 Å². The van der Waals surface area contributed by atoms with Crippen LogP contribution in [-0.2, 0) is 25.6 Å². The molecule has 2 aromatic rings. The first-order valence-electron chi connectivity index (χ1n) is 11.0. The molecule has 1 unspecified atom stereocenters. The Morgan fingerprint density at radius 3 is 2.68 bits per heavy atom. The van der Waals surface area contributed by atoms with Gasteiger partial charge in [-0.3, -0.25) is 14.3 Å².